The van der Waals surface area contributed by atoms with E-state index in [1.54, 1.807) is 6.07 Å². The number of anilines is 1. The van der Waals surface area contributed by atoms with Crippen LogP contribution >= 0.6 is 0 Å². The second kappa shape index (κ2) is 10.4. The van der Waals surface area contributed by atoms with Crippen molar-refractivity contribution in [1.82, 2.24) is 9.97 Å². The largest absolute Gasteiger partial charge is 0.392 e. The molecule has 0 aliphatic heterocycles. The van der Waals surface area contributed by atoms with Gasteiger partial charge in [-0.25, -0.2) is 27.1 Å². The Labute approximate surface area is 187 Å². The Bertz CT molecular complexity index is 1160. The highest BCUT2D eigenvalue weighted by atomic mass is 32.2. The topological polar surface area (TPSA) is 124 Å². The number of nitrogens with zero attached hydrogens (tertiary/aromatic N) is 4. The van der Waals surface area contributed by atoms with E-state index >= 15 is 0 Å². The number of aliphatic hydroxyl groups is 1. The molecular formula is C22H25FN4O4S. The van der Waals surface area contributed by atoms with Crippen LogP contribution < -0.4 is 4.31 Å². The summed E-state index contributed by atoms with van der Waals surface area (Å²) in [6.45, 7) is 3.72. The second-order valence-corrected chi connectivity index (χ2v) is 9.60. The van der Waals surface area contributed by atoms with Crippen LogP contribution in [-0.4, -0.2) is 48.7 Å². The van der Waals surface area contributed by atoms with Gasteiger partial charge in [0.25, 0.3) is 0 Å². The molecule has 8 nitrogen and oxygen atoms in total. The summed E-state index contributed by atoms with van der Waals surface area (Å²) in [6, 6.07) is 7.31. The second-order valence-electron chi connectivity index (χ2n) is 7.58. The molecule has 0 spiro atoms. The fourth-order valence-corrected chi connectivity index (χ4v) is 3.23. The van der Waals surface area contributed by atoms with E-state index in [4.69, 9.17) is 5.26 Å². The highest BCUT2D eigenvalue weighted by Crippen LogP contribution is 2.31. The Hall–Kier alpha value is -3.16. The van der Waals surface area contributed by atoms with Gasteiger partial charge in [-0.2, -0.15) is 5.26 Å². The van der Waals surface area contributed by atoms with Crippen LogP contribution in [0.4, 0.5) is 10.3 Å². The van der Waals surface area contributed by atoms with Crippen molar-refractivity contribution >= 4 is 27.8 Å². The predicted molar refractivity (Wildman–Crippen MR) is 120 cm³/mol. The summed E-state index contributed by atoms with van der Waals surface area (Å²) in [6.07, 6.45) is 2.34. The fourth-order valence-electron chi connectivity index (χ4n) is 2.85. The summed E-state index contributed by atoms with van der Waals surface area (Å²) in [5.41, 5.74) is 1.80. The molecule has 0 aliphatic carbocycles. The smallest absolute Gasteiger partial charge is 0.239 e. The Kier molecular flexibility index (Phi) is 8.19. The first-order valence-corrected chi connectivity index (χ1v) is 11.7. The van der Waals surface area contributed by atoms with Crippen molar-refractivity contribution in [2.24, 2.45) is 0 Å². The van der Waals surface area contributed by atoms with Crippen LogP contribution in [0.15, 0.2) is 30.3 Å². The van der Waals surface area contributed by atoms with Gasteiger partial charge in [-0.15, -0.1) is 0 Å². The molecule has 0 radical (unpaired) electrons. The molecular weight excluding hydrogens is 435 g/mol. The number of aliphatic hydroxyl groups excluding tert-OH is 1. The minimum atomic E-state index is -3.64. The number of hydrogen-bond donors (Lipinski definition) is 1. The number of carbonyl (C=O) groups is 1. The van der Waals surface area contributed by atoms with E-state index < -0.39 is 27.7 Å². The molecule has 0 aliphatic rings. The molecule has 0 unspecified atom stereocenters. The zero-order chi connectivity index (χ0) is 24.1. The number of ketones is 1. The summed E-state index contributed by atoms with van der Waals surface area (Å²) < 4.78 is 38.5. The number of benzene rings is 1. The highest BCUT2D eigenvalue weighted by Gasteiger charge is 2.22. The van der Waals surface area contributed by atoms with Crippen molar-refractivity contribution in [1.29, 1.82) is 5.26 Å². The lowest BCUT2D eigenvalue weighted by Gasteiger charge is -2.20. The lowest BCUT2D eigenvalue weighted by atomic mass is 9.97. The standard InChI is InChI=1S/C22H25FN4O4S/c1-14(2)20-19(10-9-17(28)13-18(29)11-12-24)21(15-5-7-16(23)8-6-15)26-22(25-20)27(3)32(4,30)31/h5-10,14,18,29H,11,13H2,1-4H3/b10-9+/t18-/m0/s1. The zero-order valence-electron chi connectivity index (χ0n) is 18.3. The lowest BCUT2D eigenvalue weighted by molar-refractivity contribution is -0.116. The first-order chi connectivity index (χ1) is 14.9. The third kappa shape index (κ3) is 6.42. The summed E-state index contributed by atoms with van der Waals surface area (Å²) in [7, 11) is -2.31. The van der Waals surface area contributed by atoms with Crippen molar-refractivity contribution in [3.05, 3.63) is 47.4 Å². The number of allylic oxidation sites excluding steroid dienone is 1. The Morgan fingerprint density at radius 1 is 1.28 bits per heavy atom. The first kappa shape index (κ1) is 25.1. The average Bonchev–Trinajstić information content (AvgIpc) is 2.71. The minimum Gasteiger partial charge on any atom is -0.392 e. The quantitative estimate of drug-likeness (QED) is 0.570. The molecule has 1 atom stereocenters. The van der Waals surface area contributed by atoms with E-state index in [-0.39, 0.29) is 24.7 Å². The van der Waals surface area contributed by atoms with E-state index in [0.29, 0.717) is 22.5 Å². The molecule has 0 amide bonds. The third-order valence-corrected chi connectivity index (χ3v) is 5.76. The maximum absolute atomic E-state index is 13.5. The van der Waals surface area contributed by atoms with E-state index in [1.165, 1.54) is 43.5 Å². The molecule has 32 heavy (non-hydrogen) atoms. The van der Waals surface area contributed by atoms with Crippen LogP contribution in [0.3, 0.4) is 0 Å². The summed E-state index contributed by atoms with van der Waals surface area (Å²) in [5, 5.41) is 18.3. The van der Waals surface area contributed by atoms with Gasteiger partial charge in [-0.1, -0.05) is 13.8 Å². The summed E-state index contributed by atoms with van der Waals surface area (Å²) in [4.78, 5) is 21.1. The summed E-state index contributed by atoms with van der Waals surface area (Å²) >= 11 is 0. The number of aromatic nitrogens is 2. The van der Waals surface area contributed by atoms with Crippen molar-refractivity contribution in [2.45, 2.75) is 38.7 Å². The maximum atomic E-state index is 13.5. The van der Waals surface area contributed by atoms with Gasteiger partial charge < -0.3 is 5.11 Å². The summed E-state index contributed by atoms with van der Waals surface area (Å²) in [5.74, 6) is -1.06. The number of sulfonamides is 1. The monoisotopic (exact) mass is 460 g/mol. The zero-order valence-corrected chi connectivity index (χ0v) is 19.1. The average molecular weight is 461 g/mol. The fraction of sp³-hybridized carbons (Fsp3) is 0.364. The normalized spacial score (nSPS) is 12.7. The van der Waals surface area contributed by atoms with Gasteiger partial charge in [0.2, 0.25) is 16.0 Å². The van der Waals surface area contributed by atoms with Crippen molar-refractivity contribution in [2.75, 3.05) is 17.6 Å². The molecule has 0 saturated carbocycles. The van der Waals surface area contributed by atoms with Gasteiger partial charge in [-0.3, -0.25) is 4.79 Å². The lowest BCUT2D eigenvalue weighted by Crippen LogP contribution is -2.27. The molecule has 0 bridgehead atoms. The maximum Gasteiger partial charge on any atom is 0.239 e. The number of halogens is 1. The van der Waals surface area contributed by atoms with Crippen LogP contribution in [0.2, 0.25) is 0 Å². The van der Waals surface area contributed by atoms with Crippen LogP contribution in [0, 0.1) is 17.1 Å². The number of nitriles is 1. The molecule has 0 saturated heterocycles. The van der Waals surface area contributed by atoms with Gasteiger partial charge in [-0.05, 0) is 42.3 Å². The molecule has 10 heteroatoms. The molecule has 0 fully saturated rings. The number of carbonyl (C=O) groups excluding carboxylic acids is 1. The highest BCUT2D eigenvalue weighted by molar-refractivity contribution is 7.92. The van der Waals surface area contributed by atoms with Gasteiger partial charge in [0.1, 0.15) is 5.82 Å². The first-order valence-electron chi connectivity index (χ1n) is 9.81. The van der Waals surface area contributed by atoms with Gasteiger partial charge >= 0.3 is 0 Å². The molecule has 1 heterocycles. The molecule has 170 valence electrons. The molecule has 1 aromatic carbocycles. The SMILES string of the molecule is CC(C)c1nc(N(C)S(C)(=O)=O)nc(-c2ccc(F)cc2)c1/C=C/C(=O)C[C@@H](O)CC#N. The number of rotatable bonds is 9. The minimum absolute atomic E-state index is 0.0524. The Morgan fingerprint density at radius 2 is 1.91 bits per heavy atom. The van der Waals surface area contributed by atoms with Gasteiger partial charge in [0, 0.05) is 24.6 Å². The predicted octanol–water partition coefficient (Wildman–Crippen LogP) is 3.05. The Morgan fingerprint density at radius 3 is 2.44 bits per heavy atom. The van der Waals surface area contributed by atoms with Crippen molar-refractivity contribution in [3.63, 3.8) is 0 Å². The van der Waals surface area contributed by atoms with Crippen LogP contribution in [-0.2, 0) is 14.8 Å². The van der Waals surface area contributed by atoms with Crippen LogP contribution in [0.25, 0.3) is 17.3 Å². The van der Waals surface area contributed by atoms with E-state index in [1.807, 2.05) is 13.8 Å². The van der Waals surface area contributed by atoms with Crippen LogP contribution in [0.1, 0.15) is 43.9 Å². The van der Waals surface area contributed by atoms with Crippen molar-refractivity contribution < 1.29 is 22.7 Å². The molecule has 1 N–H and O–H groups in total. The van der Waals surface area contributed by atoms with Crippen LogP contribution in [0.5, 0.6) is 0 Å². The molecule has 2 rings (SSSR count). The van der Waals surface area contributed by atoms with E-state index in [2.05, 4.69) is 9.97 Å². The third-order valence-electron chi connectivity index (χ3n) is 4.61. The molecule has 2 aromatic rings. The van der Waals surface area contributed by atoms with E-state index in [9.17, 15) is 22.7 Å². The van der Waals surface area contributed by atoms with Gasteiger partial charge in [0.15, 0.2) is 5.78 Å². The van der Waals surface area contributed by atoms with Gasteiger partial charge in [0.05, 0.1) is 36.2 Å². The van der Waals surface area contributed by atoms with E-state index in [0.717, 1.165) is 10.6 Å². The Balaban J connectivity index is 2.67. The number of hydrogen-bond acceptors (Lipinski definition) is 7. The van der Waals surface area contributed by atoms with Crippen molar-refractivity contribution in [3.8, 4) is 17.3 Å². The molecule has 1 aromatic heterocycles.